The van der Waals surface area contributed by atoms with Crippen LogP contribution in [0.2, 0.25) is 0 Å². The Morgan fingerprint density at radius 3 is 2.71 bits per heavy atom. The van der Waals surface area contributed by atoms with E-state index in [1.54, 1.807) is 0 Å². The Labute approximate surface area is 166 Å². The molecule has 0 bridgehead atoms. The quantitative estimate of drug-likeness (QED) is 0.687. The number of amides is 2. The Kier molecular flexibility index (Phi) is 5.68. The molecule has 1 N–H and O–H groups in total. The first-order valence-electron chi connectivity index (χ1n) is 9.36. The highest BCUT2D eigenvalue weighted by molar-refractivity contribution is 7.12. The molecule has 28 heavy (non-hydrogen) atoms. The molecule has 2 aromatic heterocycles. The number of rotatable bonds is 6. The van der Waals surface area contributed by atoms with Crippen LogP contribution in [0.3, 0.4) is 0 Å². The molecule has 8 heteroatoms. The van der Waals surface area contributed by atoms with Crippen LogP contribution in [-0.2, 0) is 11.2 Å². The van der Waals surface area contributed by atoms with Crippen LogP contribution in [-0.4, -0.2) is 66.0 Å². The minimum Gasteiger partial charge on any atom is -0.356 e. The van der Waals surface area contributed by atoms with Crippen molar-refractivity contribution in [1.82, 2.24) is 20.3 Å². The van der Waals surface area contributed by atoms with Gasteiger partial charge in [0.2, 0.25) is 5.91 Å². The van der Waals surface area contributed by atoms with Gasteiger partial charge in [-0.25, -0.2) is 0 Å². The van der Waals surface area contributed by atoms with Crippen LogP contribution in [0, 0.1) is 0 Å². The highest BCUT2D eigenvalue weighted by atomic mass is 32.1. The van der Waals surface area contributed by atoms with Crippen molar-refractivity contribution >= 4 is 34.1 Å². The van der Waals surface area contributed by atoms with Gasteiger partial charge in [-0.2, -0.15) is 0 Å². The van der Waals surface area contributed by atoms with Crippen molar-refractivity contribution in [2.75, 3.05) is 39.3 Å². The molecule has 3 aromatic rings. The zero-order valence-electron chi connectivity index (χ0n) is 15.5. The monoisotopic (exact) mass is 398 g/mol. The van der Waals surface area contributed by atoms with E-state index in [4.69, 9.17) is 4.52 Å². The van der Waals surface area contributed by atoms with Gasteiger partial charge in [0.05, 0.1) is 11.3 Å². The summed E-state index contributed by atoms with van der Waals surface area (Å²) in [7, 11) is 0. The first-order chi connectivity index (χ1) is 13.7. The molecule has 0 radical (unpaired) electrons. The number of nitrogens with zero attached hydrogens (tertiary/aromatic N) is 3. The summed E-state index contributed by atoms with van der Waals surface area (Å²) in [6.07, 6.45) is 0.208. The molecule has 0 spiro atoms. The van der Waals surface area contributed by atoms with Crippen molar-refractivity contribution in [1.29, 1.82) is 0 Å². The second-order valence-electron chi connectivity index (χ2n) is 6.76. The molecule has 0 atom stereocenters. The van der Waals surface area contributed by atoms with Crippen molar-refractivity contribution < 1.29 is 14.1 Å². The van der Waals surface area contributed by atoms with Crippen LogP contribution in [0.15, 0.2) is 46.3 Å². The highest BCUT2D eigenvalue weighted by Gasteiger charge is 2.22. The number of aromatic nitrogens is 1. The number of carbonyl (C=O) groups is 2. The van der Waals surface area contributed by atoms with Crippen LogP contribution in [0.1, 0.15) is 15.4 Å². The van der Waals surface area contributed by atoms with Crippen molar-refractivity contribution in [2.45, 2.75) is 6.42 Å². The van der Waals surface area contributed by atoms with Crippen LogP contribution in [0.5, 0.6) is 0 Å². The second-order valence-corrected chi connectivity index (χ2v) is 7.71. The molecule has 4 rings (SSSR count). The third-order valence-corrected chi connectivity index (χ3v) is 5.78. The Balaban J connectivity index is 1.19. The Bertz CT molecular complexity index is 945. The molecule has 1 fully saturated rings. The number of hydrogen-bond donors (Lipinski definition) is 1. The summed E-state index contributed by atoms with van der Waals surface area (Å²) in [5.74, 6) is 0.0494. The van der Waals surface area contributed by atoms with Gasteiger partial charge in [-0.15, -0.1) is 11.3 Å². The summed E-state index contributed by atoms with van der Waals surface area (Å²) in [4.78, 5) is 29.5. The van der Waals surface area contributed by atoms with E-state index in [9.17, 15) is 9.59 Å². The lowest BCUT2D eigenvalue weighted by Gasteiger charge is -2.34. The standard InChI is InChI=1S/C20H22N4O3S/c25-19(14-16-15-4-1-2-5-17(15)27-22-16)21-7-8-23-9-11-24(12-10-23)20(26)18-6-3-13-28-18/h1-6,13H,7-12,14H2,(H,21,25). The fourth-order valence-electron chi connectivity index (χ4n) is 3.36. The van der Waals surface area contributed by atoms with Crippen LogP contribution < -0.4 is 5.32 Å². The number of fused-ring (bicyclic) bond motifs is 1. The van der Waals surface area contributed by atoms with Gasteiger partial charge in [0.1, 0.15) is 5.69 Å². The van der Waals surface area contributed by atoms with E-state index in [0.29, 0.717) is 17.8 Å². The average Bonchev–Trinajstić information content (AvgIpc) is 3.39. The fraction of sp³-hybridized carbons (Fsp3) is 0.350. The number of benzene rings is 1. The first kappa shape index (κ1) is 18.6. The molecule has 1 aromatic carbocycles. The molecule has 1 aliphatic heterocycles. The summed E-state index contributed by atoms with van der Waals surface area (Å²) in [6, 6.07) is 11.3. The molecule has 2 amide bonds. The summed E-state index contributed by atoms with van der Waals surface area (Å²) < 4.78 is 5.24. The summed E-state index contributed by atoms with van der Waals surface area (Å²) in [5.41, 5.74) is 1.36. The number of carbonyl (C=O) groups excluding carboxylic acids is 2. The lowest BCUT2D eigenvalue weighted by molar-refractivity contribution is -0.120. The van der Waals surface area contributed by atoms with Gasteiger partial charge < -0.3 is 14.7 Å². The van der Waals surface area contributed by atoms with E-state index in [1.165, 1.54) is 11.3 Å². The summed E-state index contributed by atoms with van der Waals surface area (Å²) in [5, 5.41) is 9.75. The van der Waals surface area contributed by atoms with E-state index in [0.717, 1.165) is 43.0 Å². The largest absolute Gasteiger partial charge is 0.356 e. The lowest BCUT2D eigenvalue weighted by atomic mass is 10.1. The molecule has 146 valence electrons. The van der Waals surface area contributed by atoms with Crippen molar-refractivity contribution in [3.63, 3.8) is 0 Å². The van der Waals surface area contributed by atoms with E-state index in [2.05, 4.69) is 15.4 Å². The zero-order valence-corrected chi connectivity index (χ0v) is 16.3. The first-order valence-corrected chi connectivity index (χ1v) is 10.2. The molecule has 3 heterocycles. The maximum Gasteiger partial charge on any atom is 0.264 e. The van der Waals surface area contributed by atoms with Crippen LogP contribution in [0.4, 0.5) is 0 Å². The molecule has 1 saturated heterocycles. The van der Waals surface area contributed by atoms with E-state index in [1.807, 2.05) is 46.7 Å². The van der Waals surface area contributed by atoms with Crippen molar-refractivity contribution in [3.05, 3.63) is 52.3 Å². The third-order valence-electron chi connectivity index (χ3n) is 4.92. The van der Waals surface area contributed by atoms with E-state index in [-0.39, 0.29) is 18.2 Å². The Morgan fingerprint density at radius 1 is 1.11 bits per heavy atom. The Morgan fingerprint density at radius 2 is 1.93 bits per heavy atom. The molecular formula is C20H22N4O3S. The maximum atomic E-state index is 12.4. The molecule has 0 saturated carbocycles. The van der Waals surface area contributed by atoms with Crippen LogP contribution in [0.25, 0.3) is 11.0 Å². The Hall–Kier alpha value is -2.71. The predicted octanol–water partition coefficient (Wildman–Crippen LogP) is 2.01. The van der Waals surface area contributed by atoms with Gasteiger partial charge in [-0.1, -0.05) is 23.4 Å². The number of hydrogen-bond acceptors (Lipinski definition) is 6. The lowest BCUT2D eigenvalue weighted by Crippen LogP contribution is -2.50. The van der Waals surface area contributed by atoms with E-state index < -0.39 is 0 Å². The minimum atomic E-state index is -0.0643. The number of piperazine rings is 1. The zero-order chi connectivity index (χ0) is 19.3. The summed E-state index contributed by atoms with van der Waals surface area (Å²) >= 11 is 1.48. The summed E-state index contributed by atoms with van der Waals surface area (Å²) in [6.45, 7) is 4.42. The topological polar surface area (TPSA) is 78.7 Å². The normalized spacial score (nSPS) is 15.1. The third kappa shape index (κ3) is 4.23. The van der Waals surface area contributed by atoms with Gasteiger partial charge in [-0.3, -0.25) is 14.5 Å². The molecular weight excluding hydrogens is 376 g/mol. The van der Waals surface area contributed by atoms with Gasteiger partial charge in [0.25, 0.3) is 5.91 Å². The van der Waals surface area contributed by atoms with Gasteiger partial charge in [0.15, 0.2) is 5.58 Å². The van der Waals surface area contributed by atoms with Crippen molar-refractivity contribution in [3.8, 4) is 0 Å². The SMILES string of the molecule is O=C(Cc1noc2ccccc12)NCCN1CCN(C(=O)c2cccs2)CC1. The molecule has 0 aliphatic carbocycles. The average molecular weight is 398 g/mol. The van der Waals surface area contributed by atoms with Gasteiger partial charge in [-0.05, 0) is 23.6 Å². The van der Waals surface area contributed by atoms with Gasteiger partial charge >= 0.3 is 0 Å². The molecule has 0 unspecified atom stereocenters. The number of thiophene rings is 1. The minimum absolute atomic E-state index is 0.0643. The fourth-order valence-corrected chi connectivity index (χ4v) is 4.06. The van der Waals surface area contributed by atoms with E-state index >= 15 is 0 Å². The van der Waals surface area contributed by atoms with Crippen molar-refractivity contribution in [2.24, 2.45) is 0 Å². The van der Waals surface area contributed by atoms with Crippen LogP contribution >= 0.6 is 11.3 Å². The van der Waals surface area contributed by atoms with Gasteiger partial charge in [0, 0.05) is 44.7 Å². The smallest absolute Gasteiger partial charge is 0.264 e. The predicted molar refractivity (Wildman–Crippen MR) is 107 cm³/mol. The number of para-hydroxylation sites is 1. The maximum absolute atomic E-state index is 12.4. The highest BCUT2D eigenvalue weighted by Crippen LogP contribution is 2.18. The molecule has 7 nitrogen and oxygen atoms in total. The second kappa shape index (κ2) is 8.53. The molecule has 1 aliphatic rings. The number of nitrogens with one attached hydrogen (secondary N) is 1.